The van der Waals surface area contributed by atoms with Gasteiger partial charge < -0.3 is 9.64 Å². The summed E-state index contributed by atoms with van der Waals surface area (Å²) in [4.78, 5) is 14.1. The Morgan fingerprint density at radius 3 is 2.55 bits per heavy atom. The minimum Gasteiger partial charge on any atom is -0.378 e. The Hall–Kier alpha value is -2.39. The average molecular weight is 291 g/mol. The molecule has 3 nitrogen and oxygen atoms in total. The van der Waals surface area contributed by atoms with E-state index in [0.717, 1.165) is 65.4 Å². The van der Waals surface area contributed by atoms with Crippen LogP contribution in [0.4, 0.5) is 5.69 Å². The first-order valence-corrected chi connectivity index (χ1v) is 7.61. The molecule has 0 aromatic heterocycles. The molecule has 0 N–H and O–H groups in total. The smallest absolute Gasteiger partial charge is 0.151 e. The van der Waals surface area contributed by atoms with Crippen molar-refractivity contribution in [3.63, 3.8) is 0 Å². The van der Waals surface area contributed by atoms with Gasteiger partial charge in [0.25, 0.3) is 0 Å². The summed E-state index contributed by atoms with van der Waals surface area (Å²) >= 11 is 0. The minimum absolute atomic E-state index is 0.736. The quantitative estimate of drug-likeness (QED) is 0.533. The van der Waals surface area contributed by atoms with Crippen LogP contribution < -0.4 is 4.90 Å². The van der Waals surface area contributed by atoms with Crippen molar-refractivity contribution in [1.29, 1.82) is 0 Å². The first-order valence-electron chi connectivity index (χ1n) is 7.61. The normalized spacial score (nSPS) is 15.4. The maximum absolute atomic E-state index is 11.8. The molecule has 4 rings (SSSR count). The van der Waals surface area contributed by atoms with E-state index in [4.69, 9.17) is 4.74 Å². The SMILES string of the molecule is O=Cc1c2ccccc2cc2cccc(N3CCOCC3)c12. The lowest BCUT2D eigenvalue weighted by atomic mass is 9.96. The molecule has 1 heterocycles. The van der Waals surface area contributed by atoms with E-state index in [-0.39, 0.29) is 0 Å². The zero-order valence-electron chi connectivity index (χ0n) is 12.3. The number of hydrogen-bond acceptors (Lipinski definition) is 3. The van der Waals surface area contributed by atoms with E-state index < -0.39 is 0 Å². The van der Waals surface area contributed by atoms with Crippen LogP contribution in [0.3, 0.4) is 0 Å². The van der Waals surface area contributed by atoms with Crippen molar-refractivity contribution in [2.45, 2.75) is 0 Å². The molecule has 22 heavy (non-hydrogen) atoms. The van der Waals surface area contributed by atoms with Crippen LogP contribution in [0.15, 0.2) is 48.5 Å². The van der Waals surface area contributed by atoms with Gasteiger partial charge in [0.05, 0.1) is 13.2 Å². The van der Waals surface area contributed by atoms with Crippen molar-refractivity contribution < 1.29 is 9.53 Å². The van der Waals surface area contributed by atoms with Gasteiger partial charge in [0.2, 0.25) is 0 Å². The number of ether oxygens (including phenoxy) is 1. The Labute approximate surface area is 129 Å². The molecule has 3 aromatic carbocycles. The van der Waals surface area contributed by atoms with Crippen molar-refractivity contribution in [3.8, 4) is 0 Å². The first-order chi connectivity index (χ1) is 10.9. The maximum Gasteiger partial charge on any atom is 0.151 e. The number of nitrogens with zero attached hydrogens (tertiary/aromatic N) is 1. The Kier molecular flexibility index (Phi) is 3.28. The van der Waals surface area contributed by atoms with E-state index in [1.165, 1.54) is 0 Å². The van der Waals surface area contributed by atoms with Crippen LogP contribution in [0, 0.1) is 0 Å². The molecule has 0 bridgehead atoms. The number of aldehydes is 1. The third kappa shape index (κ3) is 2.06. The molecule has 1 aliphatic rings. The summed E-state index contributed by atoms with van der Waals surface area (Å²) in [5.41, 5.74) is 1.92. The number of carbonyl (C=O) groups excluding carboxylic acids is 1. The van der Waals surface area contributed by atoms with Gasteiger partial charge in [-0.3, -0.25) is 4.79 Å². The zero-order chi connectivity index (χ0) is 14.9. The Morgan fingerprint density at radius 2 is 1.73 bits per heavy atom. The summed E-state index contributed by atoms with van der Waals surface area (Å²) in [6, 6.07) is 16.5. The third-order valence-corrected chi connectivity index (χ3v) is 4.38. The predicted octanol–water partition coefficient (Wildman–Crippen LogP) is 3.64. The molecule has 0 amide bonds. The molecule has 0 atom stereocenters. The fraction of sp³-hybridized carbons (Fsp3) is 0.211. The van der Waals surface area contributed by atoms with Crippen molar-refractivity contribution in [2.24, 2.45) is 0 Å². The topological polar surface area (TPSA) is 29.5 Å². The van der Waals surface area contributed by atoms with Crippen LogP contribution >= 0.6 is 0 Å². The molecule has 3 heteroatoms. The second kappa shape index (κ2) is 5.43. The highest BCUT2D eigenvalue weighted by Gasteiger charge is 2.17. The summed E-state index contributed by atoms with van der Waals surface area (Å²) in [5.74, 6) is 0. The van der Waals surface area contributed by atoms with Gasteiger partial charge in [0, 0.05) is 29.7 Å². The summed E-state index contributed by atoms with van der Waals surface area (Å²) in [6.45, 7) is 3.20. The van der Waals surface area contributed by atoms with E-state index in [1.807, 2.05) is 18.2 Å². The van der Waals surface area contributed by atoms with Gasteiger partial charge in [-0.1, -0.05) is 36.4 Å². The lowest BCUT2D eigenvalue weighted by Crippen LogP contribution is -2.36. The predicted molar refractivity (Wildman–Crippen MR) is 89.9 cm³/mol. The van der Waals surface area contributed by atoms with Crippen molar-refractivity contribution in [1.82, 2.24) is 0 Å². The van der Waals surface area contributed by atoms with Crippen LogP contribution in [-0.4, -0.2) is 32.6 Å². The van der Waals surface area contributed by atoms with Crippen LogP contribution in [0.25, 0.3) is 21.5 Å². The van der Waals surface area contributed by atoms with Crippen LogP contribution in [0.5, 0.6) is 0 Å². The molecule has 1 fully saturated rings. The maximum atomic E-state index is 11.8. The number of fused-ring (bicyclic) bond motifs is 2. The van der Waals surface area contributed by atoms with Gasteiger partial charge in [-0.2, -0.15) is 0 Å². The van der Waals surface area contributed by atoms with E-state index in [9.17, 15) is 4.79 Å². The summed E-state index contributed by atoms with van der Waals surface area (Å²) in [7, 11) is 0. The lowest BCUT2D eigenvalue weighted by molar-refractivity contribution is 0.112. The van der Waals surface area contributed by atoms with Gasteiger partial charge in [-0.25, -0.2) is 0 Å². The average Bonchev–Trinajstić information content (AvgIpc) is 2.60. The molecule has 0 spiro atoms. The number of morpholine rings is 1. The largest absolute Gasteiger partial charge is 0.378 e. The molecule has 1 saturated heterocycles. The van der Waals surface area contributed by atoms with Crippen molar-refractivity contribution in [3.05, 3.63) is 54.1 Å². The summed E-state index contributed by atoms with van der Waals surface area (Å²) in [6.07, 6.45) is 0.995. The van der Waals surface area contributed by atoms with Crippen LogP contribution in [-0.2, 0) is 4.74 Å². The van der Waals surface area contributed by atoms with E-state index in [2.05, 4.69) is 35.2 Å². The van der Waals surface area contributed by atoms with Crippen molar-refractivity contribution >= 4 is 33.5 Å². The number of hydrogen-bond donors (Lipinski definition) is 0. The molecule has 0 unspecified atom stereocenters. The third-order valence-electron chi connectivity index (χ3n) is 4.38. The summed E-state index contributed by atoms with van der Waals surface area (Å²) in [5, 5.41) is 4.30. The fourth-order valence-corrected chi connectivity index (χ4v) is 3.33. The van der Waals surface area contributed by atoms with Gasteiger partial charge in [-0.15, -0.1) is 0 Å². The summed E-state index contributed by atoms with van der Waals surface area (Å²) < 4.78 is 5.45. The van der Waals surface area contributed by atoms with Crippen LogP contribution in [0.1, 0.15) is 10.4 Å². The molecule has 0 aliphatic carbocycles. The highest BCUT2D eigenvalue weighted by molar-refractivity contribution is 6.16. The van der Waals surface area contributed by atoms with Crippen LogP contribution in [0.2, 0.25) is 0 Å². The Balaban J connectivity index is 2.05. The molecule has 0 saturated carbocycles. The highest BCUT2D eigenvalue weighted by atomic mass is 16.5. The standard InChI is InChI=1S/C19H17NO2/c21-13-17-16-6-2-1-4-14(16)12-15-5-3-7-18(19(15)17)20-8-10-22-11-9-20/h1-7,12-13H,8-11H2. The zero-order valence-corrected chi connectivity index (χ0v) is 12.3. The second-order valence-corrected chi connectivity index (χ2v) is 5.60. The lowest BCUT2D eigenvalue weighted by Gasteiger charge is -2.30. The molecule has 0 radical (unpaired) electrons. The van der Waals surface area contributed by atoms with E-state index in [1.54, 1.807) is 0 Å². The monoisotopic (exact) mass is 291 g/mol. The molecular formula is C19H17NO2. The van der Waals surface area contributed by atoms with E-state index in [0.29, 0.717) is 0 Å². The van der Waals surface area contributed by atoms with Gasteiger partial charge in [0.1, 0.15) is 0 Å². The van der Waals surface area contributed by atoms with Gasteiger partial charge >= 0.3 is 0 Å². The Bertz CT molecular complexity index is 851. The number of benzene rings is 3. The van der Waals surface area contributed by atoms with Gasteiger partial charge in [-0.05, 0) is 28.3 Å². The number of anilines is 1. The first kappa shape index (κ1) is 13.3. The van der Waals surface area contributed by atoms with E-state index >= 15 is 0 Å². The second-order valence-electron chi connectivity index (χ2n) is 5.60. The molecule has 110 valence electrons. The molecule has 3 aromatic rings. The molecular weight excluding hydrogens is 274 g/mol. The van der Waals surface area contributed by atoms with Crippen molar-refractivity contribution in [2.75, 3.05) is 31.2 Å². The Morgan fingerprint density at radius 1 is 0.955 bits per heavy atom. The number of carbonyl (C=O) groups is 1. The number of rotatable bonds is 2. The highest BCUT2D eigenvalue weighted by Crippen LogP contribution is 2.34. The fourth-order valence-electron chi connectivity index (χ4n) is 3.33. The van der Waals surface area contributed by atoms with Gasteiger partial charge in [0.15, 0.2) is 6.29 Å². The molecule has 1 aliphatic heterocycles. The minimum atomic E-state index is 0.736.